The lowest BCUT2D eigenvalue weighted by Gasteiger charge is -2.29. The molecule has 1 heterocycles. The summed E-state index contributed by atoms with van der Waals surface area (Å²) in [5.74, 6) is -0.367. The lowest BCUT2D eigenvalue weighted by atomic mass is 10.0. The molecule has 0 radical (unpaired) electrons. The summed E-state index contributed by atoms with van der Waals surface area (Å²) in [4.78, 5) is 0. The molecule has 18 heavy (non-hydrogen) atoms. The van der Waals surface area contributed by atoms with Gasteiger partial charge in [0.25, 0.3) is 0 Å². The zero-order valence-electron chi connectivity index (χ0n) is 10.1. The number of sulfone groups is 1. The van der Waals surface area contributed by atoms with E-state index in [0.29, 0.717) is 12.8 Å². The highest BCUT2D eigenvalue weighted by Gasteiger charge is 2.43. The predicted molar refractivity (Wildman–Crippen MR) is 67.4 cm³/mol. The largest absolute Gasteiger partial charge is 0.394 e. The highest BCUT2D eigenvalue weighted by molar-refractivity contribution is 7.95. The van der Waals surface area contributed by atoms with Gasteiger partial charge in [0.2, 0.25) is 10.0 Å². The number of aliphatic hydroxyl groups is 1. The van der Waals surface area contributed by atoms with Gasteiger partial charge in [-0.25, -0.2) is 21.6 Å². The zero-order valence-corrected chi connectivity index (χ0v) is 11.8. The molecule has 0 aromatic heterocycles. The van der Waals surface area contributed by atoms with Gasteiger partial charge >= 0.3 is 0 Å². The van der Waals surface area contributed by atoms with Crippen molar-refractivity contribution in [2.24, 2.45) is 0 Å². The summed E-state index contributed by atoms with van der Waals surface area (Å²) in [6.45, 7) is -0.230. The molecule has 1 saturated heterocycles. The molecule has 6 nitrogen and oxygen atoms in total. The Balaban J connectivity index is 2.13. The van der Waals surface area contributed by atoms with Crippen LogP contribution >= 0.6 is 0 Å². The fraction of sp³-hybridized carbons (Fsp3) is 1.00. The highest BCUT2D eigenvalue weighted by Crippen LogP contribution is 2.31. The minimum Gasteiger partial charge on any atom is -0.394 e. The quantitative estimate of drug-likeness (QED) is 0.721. The van der Waals surface area contributed by atoms with Gasteiger partial charge in [0, 0.05) is 0 Å². The van der Waals surface area contributed by atoms with Crippen LogP contribution < -0.4 is 4.72 Å². The number of hydrogen-bond acceptors (Lipinski definition) is 5. The van der Waals surface area contributed by atoms with Crippen molar-refractivity contribution in [1.82, 2.24) is 4.72 Å². The van der Waals surface area contributed by atoms with Crippen LogP contribution in [-0.4, -0.2) is 50.8 Å². The third-order valence-electron chi connectivity index (χ3n) is 3.85. The molecular weight excluding hydrogens is 278 g/mol. The molecule has 1 aliphatic carbocycles. The third kappa shape index (κ3) is 2.87. The second-order valence-electron chi connectivity index (χ2n) is 5.32. The van der Waals surface area contributed by atoms with Gasteiger partial charge in [0.15, 0.2) is 9.84 Å². The Morgan fingerprint density at radius 1 is 1.28 bits per heavy atom. The summed E-state index contributed by atoms with van der Waals surface area (Å²) in [5.41, 5.74) is -0.773. The van der Waals surface area contributed by atoms with Crippen LogP contribution in [0.3, 0.4) is 0 Å². The number of sulfonamides is 1. The molecule has 1 unspecified atom stereocenters. The molecule has 1 saturated carbocycles. The third-order valence-corrected chi connectivity index (χ3v) is 7.83. The van der Waals surface area contributed by atoms with Crippen LogP contribution in [-0.2, 0) is 19.9 Å². The standard InChI is InChI=1S/C10H19NO5S2/c12-8-10(4-1-2-5-10)11-18(15,16)9-3-6-17(13,14)7-9/h9,11-12H,1-8H2. The van der Waals surface area contributed by atoms with E-state index in [-0.39, 0.29) is 24.5 Å². The normalized spacial score (nSPS) is 30.6. The van der Waals surface area contributed by atoms with E-state index in [2.05, 4.69) is 4.72 Å². The fourth-order valence-electron chi connectivity index (χ4n) is 2.73. The van der Waals surface area contributed by atoms with Gasteiger partial charge in [-0.15, -0.1) is 0 Å². The van der Waals surface area contributed by atoms with Crippen molar-refractivity contribution in [2.75, 3.05) is 18.1 Å². The molecule has 106 valence electrons. The van der Waals surface area contributed by atoms with Crippen molar-refractivity contribution in [1.29, 1.82) is 0 Å². The van der Waals surface area contributed by atoms with Crippen molar-refractivity contribution < 1.29 is 21.9 Å². The van der Waals surface area contributed by atoms with Crippen LogP contribution in [0, 0.1) is 0 Å². The first-order valence-corrected chi connectivity index (χ1v) is 9.49. The number of rotatable bonds is 4. The first kappa shape index (κ1) is 14.2. The van der Waals surface area contributed by atoms with Gasteiger partial charge in [-0.3, -0.25) is 0 Å². The van der Waals surface area contributed by atoms with Gasteiger partial charge in [-0.1, -0.05) is 12.8 Å². The molecule has 0 aromatic carbocycles. The minimum atomic E-state index is -3.67. The Labute approximate surface area is 108 Å². The second-order valence-corrected chi connectivity index (χ2v) is 9.51. The number of hydrogen-bond donors (Lipinski definition) is 2. The average molecular weight is 297 g/mol. The Morgan fingerprint density at radius 2 is 1.89 bits per heavy atom. The van der Waals surface area contributed by atoms with Crippen molar-refractivity contribution in [3.05, 3.63) is 0 Å². The minimum absolute atomic E-state index is 0.0648. The van der Waals surface area contributed by atoms with E-state index >= 15 is 0 Å². The van der Waals surface area contributed by atoms with Crippen LogP contribution in [0.15, 0.2) is 0 Å². The maximum absolute atomic E-state index is 12.2. The number of nitrogens with one attached hydrogen (secondary N) is 1. The molecule has 1 aliphatic heterocycles. The molecular formula is C10H19NO5S2. The van der Waals surface area contributed by atoms with Crippen molar-refractivity contribution >= 4 is 19.9 Å². The Bertz CT molecular complexity index is 504. The number of aliphatic hydroxyl groups excluding tert-OH is 1. The molecule has 0 aromatic rings. The van der Waals surface area contributed by atoms with Crippen LogP contribution in [0.4, 0.5) is 0 Å². The molecule has 2 aliphatic rings. The molecule has 1 atom stereocenters. The highest BCUT2D eigenvalue weighted by atomic mass is 32.2. The smallest absolute Gasteiger partial charge is 0.216 e. The summed E-state index contributed by atoms with van der Waals surface area (Å²) in [6.07, 6.45) is 3.14. The monoisotopic (exact) mass is 297 g/mol. The molecule has 2 N–H and O–H groups in total. The van der Waals surface area contributed by atoms with E-state index in [0.717, 1.165) is 12.8 Å². The van der Waals surface area contributed by atoms with Gasteiger partial charge < -0.3 is 5.11 Å². The van der Waals surface area contributed by atoms with Gasteiger partial charge in [-0.2, -0.15) is 0 Å². The van der Waals surface area contributed by atoms with Gasteiger partial charge in [-0.05, 0) is 19.3 Å². The molecule has 2 fully saturated rings. The van der Waals surface area contributed by atoms with E-state index < -0.39 is 30.6 Å². The summed E-state index contributed by atoms with van der Waals surface area (Å²) < 4.78 is 49.5. The average Bonchev–Trinajstić information content (AvgIpc) is 2.85. The second kappa shape index (κ2) is 4.73. The maximum atomic E-state index is 12.2. The van der Waals surface area contributed by atoms with E-state index in [9.17, 15) is 21.9 Å². The summed E-state index contributed by atoms with van der Waals surface area (Å²) in [6, 6.07) is 0. The van der Waals surface area contributed by atoms with E-state index in [1.165, 1.54) is 0 Å². The SMILES string of the molecule is O=S1(=O)CCC(S(=O)(=O)NC2(CO)CCCC2)C1. The molecule has 2 rings (SSSR count). The molecule has 0 amide bonds. The molecule has 0 bridgehead atoms. The van der Waals surface area contributed by atoms with E-state index in [1.54, 1.807) is 0 Å². The Hall–Kier alpha value is -0.180. The maximum Gasteiger partial charge on any atom is 0.216 e. The van der Waals surface area contributed by atoms with Crippen molar-refractivity contribution in [3.63, 3.8) is 0 Å². The van der Waals surface area contributed by atoms with Crippen molar-refractivity contribution in [2.45, 2.75) is 42.9 Å². The first-order valence-electron chi connectivity index (χ1n) is 6.13. The summed E-state index contributed by atoms with van der Waals surface area (Å²) in [5, 5.41) is 8.51. The van der Waals surface area contributed by atoms with Crippen molar-refractivity contribution in [3.8, 4) is 0 Å². The summed E-state index contributed by atoms with van der Waals surface area (Å²) in [7, 11) is -6.89. The lowest BCUT2D eigenvalue weighted by Crippen LogP contribution is -2.52. The summed E-state index contributed by atoms with van der Waals surface area (Å²) >= 11 is 0. The van der Waals surface area contributed by atoms with Crippen LogP contribution in [0.25, 0.3) is 0 Å². The lowest BCUT2D eigenvalue weighted by molar-refractivity contribution is 0.185. The van der Waals surface area contributed by atoms with Gasteiger partial charge in [0.05, 0.1) is 28.9 Å². The van der Waals surface area contributed by atoms with Crippen LogP contribution in [0.2, 0.25) is 0 Å². The van der Waals surface area contributed by atoms with Crippen LogP contribution in [0.1, 0.15) is 32.1 Å². The van der Waals surface area contributed by atoms with Crippen LogP contribution in [0.5, 0.6) is 0 Å². The fourth-order valence-corrected chi connectivity index (χ4v) is 7.23. The van der Waals surface area contributed by atoms with Gasteiger partial charge in [0.1, 0.15) is 0 Å². The van der Waals surface area contributed by atoms with E-state index in [1.807, 2.05) is 0 Å². The molecule has 0 spiro atoms. The van der Waals surface area contributed by atoms with E-state index in [4.69, 9.17) is 0 Å². The molecule has 8 heteroatoms. The zero-order chi connectivity index (χ0) is 13.4. The predicted octanol–water partition coefficient (Wildman–Crippen LogP) is -0.602. The Morgan fingerprint density at radius 3 is 2.33 bits per heavy atom. The Kier molecular flexibility index (Phi) is 3.74. The topological polar surface area (TPSA) is 101 Å². The first-order chi connectivity index (χ1) is 8.29.